The number of ether oxygens (including phenoxy) is 1. The number of aryl methyl sites for hydroxylation is 2. The van der Waals surface area contributed by atoms with Crippen LogP contribution in [0.2, 0.25) is 0 Å². The van der Waals surface area contributed by atoms with Crippen LogP contribution in [-0.2, 0) is 18.2 Å². The van der Waals surface area contributed by atoms with Crippen molar-refractivity contribution in [3.63, 3.8) is 0 Å². The maximum absolute atomic E-state index is 6.18. The van der Waals surface area contributed by atoms with Crippen LogP contribution in [0.1, 0.15) is 38.3 Å². The Morgan fingerprint density at radius 1 is 1.50 bits per heavy atom. The van der Waals surface area contributed by atoms with Crippen LogP contribution in [0, 0.1) is 0 Å². The highest BCUT2D eigenvalue weighted by Gasteiger charge is 2.41. The summed E-state index contributed by atoms with van der Waals surface area (Å²) >= 11 is 0. The van der Waals surface area contributed by atoms with E-state index in [1.165, 1.54) is 12.8 Å². The first-order valence-corrected chi connectivity index (χ1v) is 6.92. The summed E-state index contributed by atoms with van der Waals surface area (Å²) in [5.41, 5.74) is 7.99. The van der Waals surface area contributed by atoms with E-state index in [1.54, 1.807) is 0 Å². The molecule has 0 aromatic carbocycles. The summed E-state index contributed by atoms with van der Waals surface area (Å²) in [6.45, 7) is 2.14. The van der Waals surface area contributed by atoms with Crippen LogP contribution in [0.3, 0.4) is 0 Å². The second-order valence-electron chi connectivity index (χ2n) is 5.44. The first-order valence-electron chi connectivity index (χ1n) is 6.92. The lowest BCUT2D eigenvalue weighted by Gasteiger charge is -2.21. The molecule has 3 N–H and O–H groups in total. The van der Waals surface area contributed by atoms with Gasteiger partial charge in [0.05, 0.1) is 29.6 Å². The van der Waals surface area contributed by atoms with Crippen LogP contribution in [0.15, 0.2) is 0 Å². The van der Waals surface area contributed by atoms with E-state index in [9.17, 15) is 0 Å². The second kappa shape index (κ2) is 4.46. The zero-order valence-electron chi connectivity index (χ0n) is 11.1. The molecular formula is C13H22N4O. The molecule has 2 fully saturated rings. The van der Waals surface area contributed by atoms with Gasteiger partial charge in [-0.15, -0.1) is 0 Å². The largest absolute Gasteiger partial charge is 0.394 e. The summed E-state index contributed by atoms with van der Waals surface area (Å²) in [4.78, 5) is 0. The molecule has 2 aliphatic heterocycles. The van der Waals surface area contributed by atoms with Crippen molar-refractivity contribution in [2.45, 2.75) is 57.3 Å². The average molecular weight is 250 g/mol. The Kier molecular flexibility index (Phi) is 2.93. The Morgan fingerprint density at radius 3 is 2.94 bits per heavy atom. The lowest BCUT2D eigenvalue weighted by Crippen LogP contribution is -2.31. The Bertz CT molecular complexity index is 442. The van der Waals surface area contributed by atoms with E-state index < -0.39 is 0 Å². The summed E-state index contributed by atoms with van der Waals surface area (Å²) < 4.78 is 7.73. The average Bonchev–Trinajstić information content (AvgIpc) is 3.01. The fourth-order valence-electron chi connectivity index (χ4n) is 3.15. The lowest BCUT2D eigenvalue weighted by atomic mass is 9.95. The van der Waals surface area contributed by atoms with Gasteiger partial charge in [0.1, 0.15) is 5.82 Å². The van der Waals surface area contributed by atoms with Gasteiger partial charge in [0.15, 0.2) is 0 Å². The van der Waals surface area contributed by atoms with Crippen molar-refractivity contribution in [3.05, 3.63) is 5.69 Å². The third kappa shape index (κ3) is 1.86. The number of nitrogens with two attached hydrogens (primary N) is 1. The Morgan fingerprint density at radius 2 is 2.33 bits per heavy atom. The zero-order chi connectivity index (χ0) is 12.7. The Balaban J connectivity index is 1.76. The predicted octanol–water partition coefficient (Wildman–Crippen LogP) is 1.69. The fourth-order valence-corrected chi connectivity index (χ4v) is 3.15. The second-order valence-corrected chi connectivity index (χ2v) is 5.44. The van der Waals surface area contributed by atoms with E-state index in [0.717, 1.165) is 36.5 Å². The van der Waals surface area contributed by atoms with Crippen molar-refractivity contribution in [1.29, 1.82) is 0 Å². The molecule has 0 amide bonds. The third-order valence-corrected chi connectivity index (χ3v) is 4.08. The van der Waals surface area contributed by atoms with Crippen molar-refractivity contribution in [3.8, 4) is 0 Å². The van der Waals surface area contributed by atoms with Gasteiger partial charge < -0.3 is 15.8 Å². The molecule has 0 radical (unpaired) electrons. The van der Waals surface area contributed by atoms with Gasteiger partial charge in [-0.05, 0) is 25.7 Å². The van der Waals surface area contributed by atoms with Crippen molar-refractivity contribution in [1.82, 2.24) is 9.78 Å². The molecule has 2 saturated heterocycles. The molecule has 3 heterocycles. The molecule has 2 bridgehead atoms. The van der Waals surface area contributed by atoms with Crippen molar-refractivity contribution in [2.24, 2.45) is 7.05 Å². The van der Waals surface area contributed by atoms with E-state index in [1.807, 2.05) is 11.7 Å². The van der Waals surface area contributed by atoms with Crippen LogP contribution in [0.5, 0.6) is 0 Å². The molecule has 5 nitrogen and oxygen atoms in total. The smallest absolute Gasteiger partial charge is 0.148 e. The van der Waals surface area contributed by atoms with Crippen LogP contribution >= 0.6 is 0 Å². The normalized spacial score (nSPS) is 30.0. The van der Waals surface area contributed by atoms with Gasteiger partial charge in [-0.2, -0.15) is 5.10 Å². The highest BCUT2D eigenvalue weighted by Crippen LogP contribution is 2.37. The number of fused-ring (bicyclic) bond motifs is 2. The standard InChI is InChI=1S/C13H22N4O/c1-3-4-9-12(14)13(17(2)16-9)15-10-7-8-5-6-11(10)18-8/h8,10-11,15H,3-7,14H2,1-2H3. The topological polar surface area (TPSA) is 65.1 Å². The minimum atomic E-state index is 0.360. The highest BCUT2D eigenvalue weighted by molar-refractivity contribution is 5.65. The highest BCUT2D eigenvalue weighted by atomic mass is 16.5. The molecule has 0 aliphatic carbocycles. The first kappa shape index (κ1) is 11.8. The molecule has 2 aliphatic rings. The lowest BCUT2D eigenvalue weighted by molar-refractivity contribution is 0.102. The van der Waals surface area contributed by atoms with Crippen LogP contribution in [0.25, 0.3) is 0 Å². The third-order valence-electron chi connectivity index (χ3n) is 4.08. The predicted molar refractivity (Wildman–Crippen MR) is 71.5 cm³/mol. The number of aromatic nitrogens is 2. The molecule has 1 aromatic rings. The first-order chi connectivity index (χ1) is 8.69. The molecule has 0 spiro atoms. The van der Waals surface area contributed by atoms with Crippen molar-refractivity contribution < 1.29 is 4.74 Å². The van der Waals surface area contributed by atoms with Gasteiger partial charge in [-0.3, -0.25) is 4.68 Å². The van der Waals surface area contributed by atoms with Crippen LogP contribution in [0.4, 0.5) is 11.5 Å². The number of anilines is 2. The molecular weight excluding hydrogens is 228 g/mol. The number of nitrogens with one attached hydrogen (secondary N) is 1. The number of rotatable bonds is 4. The molecule has 3 unspecified atom stereocenters. The number of nitrogens with zero attached hydrogens (tertiary/aromatic N) is 2. The van der Waals surface area contributed by atoms with E-state index >= 15 is 0 Å². The number of nitrogen functional groups attached to an aromatic ring is 1. The van der Waals surface area contributed by atoms with E-state index in [4.69, 9.17) is 10.5 Å². The minimum Gasteiger partial charge on any atom is -0.394 e. The Hall–Kier alpha value is -1.23. The molecule has 1 aromatic heterocycles. The van der Waals surface area contributed by atoms with E-state index in [2.05, 4.69) is 17.3 Å². The monoisotopic (exact) mass is 250 g/mol. The Labute approximate surface area is 108 Å². The zero-order valence-corrected chi connectivity index (χ0v) is 11.1. The van der Waals surface area contributed by atoms with Gasteiger partial charge >= 0.3 is 0 Å². The summed E-state index contributed by atoms with van der Waals surface area (Å²) in [5, 5.41) is 8.03. The summed E-state index contributed by atoms with van der Waals surface area (Å²) in [7, 11) is 1.95. The van der Waals surface area contributed by atoms with Gasteiger partial charge in [-0.1, -0.05) is 13.3 Å². The molecule has 18 heavy (non-hydrogen) atoms. The van der Waals surface area contributed by atoms with Gasteiger partial charge in [0, 0.05) is 7.05 Å². The van der Waals surface area contributed by atoms with Crippen LogP contribution in [-0.4, -0.2) is 28.0 Å². The minimum absolute atomic E-state index is 0.360. The summed E-state index contributed by atoms with van der Waals surface area (Å²) in [5.74, 6) is 0.958. The van der Waals surface area contributed by atoms with Crippen molar-refractivity contribution >= 4 is 11.5 Å². The molecule has 3 rings (SSSR count). The van der Waals surface area contributed by atoms with E-state index in [0.29, 0.717) is 18.2 Å². The van der Waals surface area contributed by atoms with Gasteiger partial charge in [-0.25, -0.2) is 0 Å². The van der Waals surface area contributed by atoms with Crippen LogP contribution < -0.4 is 11.1 Å². The molecule has 0 saturated carbocycles. The SMILES string of the molecule is CCCc1nn(C)c(NC2CC3CCC2O3)c1N. The molecule has 5 heteroatoms. The van der Waals surface area contributed by atoms with E-state index in [-0.39, 0.29) is 0 Å². The summed E-state index contributed by atoms with van der Waals surface area (Å²) in [6.07, 6.45) is 6.30. The number of hydrogen-bond acceptors (Lipinski definition) is 4. The number of hydrogen-bond donors (Lipinski definition) is 2. The maximum Gasteiger partial charge on any atom is 0.148 e. The molecule has 100 valence electrons. The van der Waals surface area contributed by atoms with Gasteiger partial charge in [0.25, 0.3) is 0 Å². The quantitative estimate of drug-likeness (QED) is 0.853. The maximum atomic E-state index is 6.18. The molecule has 3 atom stereocenters. The van der Waals surface area contributed by atoms with Crippen molar-refractivity contribution in [2.75, 3.05) is 11.1 Å². The fraction of sp³-hybridized carbons (Fsp3) is 0.769. The summed E-state index contributed by atoms with van der Waals surface area (Å²) in [6, 6.07) is 0.399. The van der Waals surface area contributed by atoms with Gasteiger partial charge in [0.2, 0.25) is 0 Å².